The number of aromatic nitrogens is 1. The molecule has 3 aromatic rings. The standard InChI is InChI=1S/C18H17NO4S/c1-12(2)16-11-19(17-6-4-3-5-15(16)17)24(22,23)14-9-7-13(8-10-14)18(20)21/h3-12H,1-2H3,(H,20,21). The van der Waals surface area contributed by atoms with Gasteiger partial charge in [0.25, 0.3) is 10.0 Å². The number of para-hydroxylation sites is 1. The lowest BCUT2D eigenvalue weighted by molar-refractivity contribution is 0.0696. The molecular weight excluding hydrogens is 326 g/mol. The summed E-state index contributed by atoms with van der Waals surface area (Å²) in [5.74, 6) is -0.909. The predicted molar refractivity (Wildman–Crippen MR) is 92.0 cm³/mol. The molecule has 124 valence electrons. The summed E-state index contributed by atoms with van der Waals surface area (Å²) in [7, 11) is -3.80. The summed E-state index contributed by atoms with van der Waals surface area (Å²) in [6.45, 7) is 4.03. The van der Waals surface area contributed by atoms with Crippen molar-refractivity contribution in [1.82, 2.24) is 3.97 Å². The maximum Gasteiger partial charge on any atom is 0.335 e. The zero-order chi connectivity index (χ0) is 17.5. The molecule has 0 radical (unpaired) electrons. The molecule has 0 saturated heterocycles. The molecule has 0 aliphatic carbocycles. The van der Waals surface area contributed by atoms with Crippen molar-refractivity contribution in [3.63, 3.8) is 0 Å². The van der Waals surface area contributed by atoms with E-state index in [0.29, 0.717) is 5.52 Å². The first kappa shape index (κ1) is 16.3. The molecule has 6 heteroatoms. The van der Waals surface area contributed by atoms with E-state index >= 15 is 0 Å². The molecule has 24 heavy (non-hydrogen) atoms. The van der Waals surface area contributed by atoms with Crippen LogP contribution in [0, 0.1) is 0 Å². The Kier molecular flexibility index (Phi) is 3.93. The van der Waals surface area contributed by atoms with E-state index in [1.807, 2.05) is 26.0 Å². The van der Waals surface area contributed by atoms with Crippen molar-refractivity contribution in [2.45, 2.75) is 24.7 Å². The van der Waals surface area contributed by atoms with Gasteiger partial charge in [-0.3, -0.25) is 0 Å². The minimum Gasteiger partial charge on any atom is -0.478 e. The van der Waals surface area contributed by atoms with Gasteiger partial charge in [0.05, 0.1) is 16.0 Å². The Morgan fingerprint density at radius 1 is 1.04 bits per heavy atom. The topological polar surface area (TPSA) is 76.4 Å². The number of hydrogen-bond acceptors (Lipinski definition) is 3. The van der Waals surface area contributed by atoms with Gasteiger partial charge in [-0.1, -0.05) is 32.0 Å². The Labute approximate surface area is 140 Å². The van der Waals surface area contributed by atoms with Crippen molar-refractivity contribution in [3.8, 4) is 0 Å². The lowest BCUT2D eigenvalue weighted by Crippen LogP contribution is -2.12. The van der Waals surface area contributed by atoms with Gasteiger partial charge >= 0.3 is 5.97 Å². The molecule has 0 unspecified atom stereocenters. The van der Waals surface area contributed by atoms with Crippen molar-refractivity contribution < 1.29 is 18.3 Å². The van der Waals surface area contributed by atoms with Gasteiger partial charge in [0.15, 0.2) is 0 Å². The average molecular weight is 343 g/mol. The van der Waals surface area contributed by atoms with E-state index in [9.17, 15) is 13.2 Å². The molecule has 0 amide bonds. The number of carbonyl (C=O) groups is 1. The highest BCUT2D eigenvalue weighted by molar-refractivity contribution is 7.90. The molecule has 5 nitrogen and oxygen atoms in total. The van der Waals surface area contributed by atoms with E-state index in [4.69, 9.17) is 5.11 Å². The average Bonchev–Trinajstić information content (AvgIpc) is 2.95. The fourth-order valence-corrected chi connectivity index (χ4v) is 4.09. The number of hydrogen-bond donors (Lipinski definition) is 1. The minimum absolute atomic E-state index is 0.0502. The molecule has 1 N–H and O–H groups in total. The van der Waals surface area contributed by atoms with Gasteiger partial charge in [0.1, 0.15) is 0 Å². The first-order chi connectivity index (χ1) is 11.3. The van der Waals surface area contributed by atoms with Crippen LogP contribution in [0.1, 0.15) is 35.7 Å². The van der Waals surface area contributed by atoms with E-state index in [1.54, 1.807) is 18.3 Å². The molecule has 0 saturated carbocycles. The lowest BCUT2D eigenvalue weighted by Gasteiger charge is -2.08. The molecular formula is C18H17NO4S. The summed E-state index contributed by atoms with van der Waals surface area (Å²) < 4.78 is 27.2. The van der Waals surface area contributed by atoms with E-state index in [1.165, 1.54) is 28.2 Å². The number of carboxylic acids is 1. The maximum atomic E-state index is 13.0. The molecule has 0 bridgehead atoms. The number of fused-ring (bicyclic) bond motifs is 1. The van der Waals surface area contributed by atoms with Gasteiger partial charge in [-0.2, -0.15) is 0 Å². The zero-order valence-corrected chi connectivity index (χ0v) is 14.1. The second kappa shape index (κ2) is 5.79. The van der Waals surface area contributed by atoms with Crippen LogP contribution in [0.25, 0.3) is 10.9 Å². The summed E-state index contributed by atoms with van der Waals surface area (Å²) >= 11 is 0. The van der Waals surface area contributed by atoms with Crippen molar-refractivity contribution in [1.29, 1.82) is 0 Å². The Morgan fingerprint density at radius 2 is 1.67 bits per heavy atom. The molecule has 1 aromatic heterocycles. The molecule has 0 aliphatic heterocycles. The van der Waals surface area contributed by atoms with Crippen LogP contribution in [-0.2, 0) is 10.0 Å². The molecule has 2 aromatic carbocycles. The van der Waals surface area contributed by atoms with Gasteiger partial charge in [0, 0.05) is 11.6 Å². The van der Waals surface area contributed by atoms with Gasteiger partial charge in [-0.15, -0.1) is 0 Å². The number of rotatable bonds is 4. The quantitative estimate of drug-likeness (QED) is 0.783. The van der Waals surface area contributed by atoms with Crippen LogP contribution in [0.3, 0.4) is 0 Å². The summed E-state index contributed by atoms with van der Waals surface area (Å²) in [4.78, 5) is 11.0. The van der Waals surface area contributed by atoms with Crippen molar-refractivity contribution in [3.05, 3.63) is 65.9 Å². The van der Waals surface area contributed by atoms with Crippen LogP contribution < -0.4 is 0 Å². The first-order valence-corrected chi connectivity index (χ1v) is 8.95. The molecule has 0 spiro atoms. The predicted octanol–water partition coefficient (Wildman–Crippen LogP) is 3.70. The molecule has 3 rings (SSSR count). The second-order valence-corrected chi connectivity index (χ2v) is 7.70. The summed E-state index contributed by atoms with van der Waals surface area (Å²) in [5.41, 5.74) is 1.62. The van der Waals surface area contributed by atoms with Crippen molar-refractivity contribution in [2.24, 2.45) is 0 Å². The summed E-state index contributed by atoms with van der Waals surface area (Å²) in [6.07, 6.45) is 1.65. The normalized spacial score (nSPS) is 12.0. The first-order valence-electron chi connectivity index (χ1n) is 7.51. The monoisotopic (exact) mass is 343 g/mol. The Bertz CT molecular complexity index is 1010. The van der Waals surface area contributed by atoms with Gasteiger partial charge < -0.3 is 5.11 Å². The molecule has 0 atom stereocenters. The zero-order valence-electron chi connectivity index (χ0n) is 13.3. The van der Waals surface area contributed by atoms with Crippen LogP contribution in [-0.4, -0.2) is 23.5 Å². The fourth-order valence-electron chi connectivity index (χ4n) is 2.72. The third kappa shape index (κ3) is 2.59. The SMILES string of the molecule is CC(C)c1cn(S(=O)(=O)c2ccc(C(=O)O)cc2)c2ccccc12. The van der Waals surface area contributed by atoms with Crippen LogP contribution in [0.2, 0.25) is 0 Å². The largest absolute Gasteiger partial charge is 0.478 e. The maximum absolute atomic E-state index is 13.0. The Balaban J connectivity index is 2.20. The number of nitrogens with zero attached hydrogens (tertiary/aromatic N) is 1. The lowest BCUT2D eigenvalue weighted by atomic mass is 10.0. The summed E-state index contributed by atoms with van der Waals surface area (Å²) in [6, 6.07) is 12.6. The molecule has 1 heterocycles. The van der Waals surface area contributed by atoms with Gasteiger partial charge in [-0.05, 0) is 41.8 Å². The fraction of sp³-hybridized carbons (Fsp3) is 0.167. The third-order valence-electron chi connectivity index (χ3n) is 3.99. The smallest absolute Gasteiger partial charge is 0.335 e. The van der Waals surface area contributed by atoms with Crippen molar-refractivity contribution in [2.75, 3.05) is 0 Å². The van der Waals surface area contributed by atoms with Crippen LogP contribution in [0.15, 0.2) is 59.6 Å². The minimum atomic E-state index is -3.80. The van der Waals surface area contributed by atoms with Gasteiger partial charge in [0.2, 0.25) is 0 Å². The van der Waals surface area contributed by atoms with E-state index < -0.39 is 16.0 Å². The highest BCUT2D eigenvalue weighted by Gasteiger charge is 2.22. The van der Waals surface area contributed by atoms with Crippen LogP contribution >= 0.6 is 0 Å². The summed E-state index contributed by atoms with van der Waals surface area (Å²) in [5, 5.41) is 9.85. The highest BCUT2D eigenvalue weighted by Crippen LogP contribution is 2.30. The van der Waals surface area contributed by atoms with Gasteiger partial charge in [-0.25, -0.2) is 17.2 Å². The van der Waals surface area contributed by atoms with Crippen molar-refractivity contribution >= 4 is 26.9 Å². The highest BCUT2D eigenvalue weighted by atomic mass is 32.2. The molecule has 0 aliphatic rings. The third-order valence-corrected chi connectivity index (χ3v) is 5.68. The Hall–Kier alpha value is -2.60. The Morgan fingerprint density at radius 3 is 2.25 bits per heavy atom. The second-order valence-electron chi connectivity index (χ2n) is 5.89. The van der Waals surface area contributed by atoms with E-state index in [-0.39, 0.29) is 16.4 Å². The van der Waals surface area contributed by atoms with Crippen LogP contribution in [0.4, 0.5) is 0 Å². The van der Waals surface area contributed by atoms with E-state index in [2.05, 4.69) is 0 Å². The molecule has 0 fully saturated rings. The number of carboxylic acid groups (broad SMARTS) is 1. The van der Waals surface area contributed by atoms with E-state index in [0.717, 1.165) is 10.9 Å². The number of aromatic carboxylic acids is 1. The number of benzene rings is 2. The van der Waals surface area contributed by atoms with Crippen LogP contribution in [0.5, 0.6) is 0 Å².